The van der Waals surface area contributed by atoms with Gasteiger partial charge in [-0.15, -0.1) is 11.3 Å². The van der Waals surface area contributed by atoms with Gasteiger partial charge in [0.15, 0.2) is 0 Å². The average Bonchev–Trinajstić information content (AvgIpc) is 2.91. The van der Waals surface area contributed by atoms with Gasteiger partial charge in [0, 0.05) is 17.4 Å². The van der Waals surface area contributed by atoms with Crippen molar-refractivity contribution in [1.82, 2.24) is 0 Å². The van der Waals surface area contributed by atoms with Crippen LogP contribution in [-0.4, -0.2) is 18.7 Å². The van der Waals surface area contributed by atoms with E-state index in [1.54, 1.807) is 6.07 Å². The molecule has 2 rings (SSSR count). The van der Waals surface area contributed by atoms with Crippen molar-refractivity contribution in [3.63, 3.8) is 0 Å². The Hall–Kier alpha value is -1.13. The van der Waals surface area contributed by atoms with E-state index >= 15 is 0 Å². The fraction of sp³-hybridized carbons (Fsp3) is 0.462. The standard InChI is InChI=1S/C13H16O3S/c1-4-15-11-7-10(11)9(3)16-13(14)12-6-5-8(2)17-12/h5-6,10-11H,3-4,7H2,1-2H3/t10-,11+/m1/s1. The molecule has 0 bridgehead atoms. The summed E-state index contributed by atoms with van der Waals surface area (Å²) in [5.74, 6) is 0.398. The largest absolute Gasteiger partial charge is 0.427 e. The number of esters is 1. The Balaban J connectivity index is 1.86. The normalized spacial score (nSPS) is 22.2. The topological polar surface area (TPSA) is 35.5 Å². The first-order chi connectivity index (χ1) is 8.11. The van der Waals surface area contributed by atoms with E-state index in [0.717, 1.165) is 11.3 Å². The van der Waals surface area contributed by atoms with Crippen LogP contribution < -0.4 is 0 Å². The van der Waals surface area contributed by atoms with E-state index in [0.29, 0.717) is 17.2 Å². The molecule has 1 fully saturated rings. The maximum Gasteiger partial charge on any atom is 0.353 e. The average molecular weight is 252 g/mol. The van der Waals surface area contributed by atoms with Crippen molar-refractivity contribution in [2.45, 2.75) is 26.4 Å². The summed E-state index contributed by atoms with van der Waals surface area (Å²) in [6.07, 6.45) is 1.09. The first-order valence-corrected chi connectivity index (χ1v) is 6.52. The first kappa shape index (κ1) is 12.3. The molecule has 1 aromatic rings. The van der Waals surface area contributed by atoms with Crippen LogP contribution in [0, 0.1) is 12.8 Å². The minimum Gasteiger partial charge on any atom is -0.427 e. The van der Waals surface area contributed by atoms with Gasteiger partial charge in [0.05, 0.1) is 6.10 Å². The summed E-state index contributed by atoms with van der Waals surface area (Å²) in [7, 11) is 0. The molecule has 1 aliphatic rings. The predicted octanol–water partition coefficient (Wildman–Crippen LogP) is 3.15. The highest BCUT2D eigenvalue weighted by atomic mass is 32.1. The minimum atomic E-state index is -0.310. The number of aryl methyl sites for hydroxylation is 1. The molecule has 3 nitrogen and oxygen atoms in total. The lowest BCUT2D eigenvalue weighted by atomic mass is 10.3. The predicted molar refractivity (Wildman–Crippen MR) is 67.1 cm³/mol. The Morgan fingerprint density at radius 3 is 2.94 bits per heavy atom. The molecule has 0 unspecified atom stereocenters. The summed E-state index contributed by atoms with van der Waals surface area (Å²) in [6.45, 7) is 8.41. The Kier molecular flexibility index (Phi) is 3.64. The van der Waals surface area contributed by atoms with E-state index < -0.39 is 0 Å². The highest BCUT2D eigenvalue weighted by Crippen LogP contribution is 2.40. The van der Waals surface area contributed by atoms with Crippen LogP contribution in [0.15, 0.2) is 24.5 Å². The van der Waals surface area contributed by atoms with Gasteiger partial charge in [-0.25, -0.2) is 4.79 Å². The molecule has 0 spiro atoms. The number of ether oxygens (including phenoxy) is 2. The Labute approximate surface area is 105 Å². The lowest BCUT2D eigenvalue weighted by Gasteiger charge is -2.05. The van der Waals surface area contributed by atoms with Crippen molar-refractivity contribution < 1.29 is 14.3 Å². The summed E-state index contributed by atoms with van der Waals surface area (Å²) < 4.78 is 10.7. The zero-order chi connectivity index (χ0) is 12.4. The Bertz CT molecular complexity index is 436. The molecule has 0 N–H and O–H groups in total. The molecule has 0 aliphatic heterocycles. The molecule has 0 amide bonds. The van der Waals surface area contributed by atoms with Crippen molar-refractivity contribution in [2.24, 2.45) is 5.92 Å². The molecule has 1 heterocycles. The van der Waals surface area contributed by atoms with Crippen molar-refractivity contribution >= 4 is 17.3 Å². The molecule has 92 valence electrons. The summed E-state index contributed by atoms with van der Waals surface area (Å²) in [4.78, 5) is 13.5. The lowest BCUT2D eigenvalue weighted by Crippen LogP contribution is -2.06. The fourth-order valence-corrected chi connectivity index (χ4v) is 2.44. The summed E-state index contributed by atoms with van der Waals surface area (Å²) in [5, 5.41) is 0. The van der Waals surface area contributed by atoms with E-state index in [2.05, 4.69) is 6.58 Å². The Morgan fingerprint density at radius 2 is 2.35 bits per heavy atom. The Morgan fingerprint density at radius 1 is 1.59 bits per heavy atom. The fourth-order valence-electron chi connectivity index (χ4n) is 1.70. The third kappa shape index (κ3) is 2.96. The number of carbonyl (C=O) groups is 1. The maximum absolute atomic E-state index is 11.8. The van der Waals surface area contributed by atoms with Gasteiger partial charge in [0.1, 0.15) is 10.6 Å². The highest BCUT2D eigenvalue weighted by molar-refractivity contribution is 7.13. The molecule has 1 aliphatic carbocycles. The van der Waals surface area contributed by atoms with Crippen LogP contribution in [0.4, 0.5) is 0 Å². The number of rotatable bonds is 5. The minimum absolute atomic E-state index is 0.181. The quantitative estimate of drug-likeness (QED) is 0.596. The van der Waals surface area contributed by atoms with Gasteiger partial charge in [0.2, 0.25) is 0 Å². The molecule has 1 aromatic heterocycles. The molecule has 0 aromatic carbocycles. The zero-order valence-electron chi connectivity index (χ0n) is 10.1. The van der Waals surface area contributed by atoms with Crippen LogP contribution in [0.1, 0.15) is 27.9 Å². The van der Waals surface area contributed by atoms with E-state index in [9.17, 15) is 4.79 Å². The molecular weight excluding hydrogens is 236 g/mol. The van der Waals surface area contributed by atoms with Gasteiger partial charge in [-0.05, 0) is 32.4 Å². The highest BCUT2D eigenvalue weighted by Gasteiger charge is 2.42. The molecule has 2 atom stereocenters. The second-order valence-electron chi connectivity index (χ2n) is 4.10. The number of carbonyl (C=O) groups excluding carboxylic acids is 1. The third-order valence-electron chi connectivity index (χ3n) is 2.69. The summed E-state index contributed by atoms with van der Waals surface area (Å²) >= 11 is 1.43. The smallest absolute Gasteiger partial charge is 0.353 e. The molecule has 17 heavy (non-hydrogen) atoms. The van der Waals surface area contributed by atoms with Crippen molar-refractivity contribution in [3.05, 3.63) is 34.2 Å². The second-order valence-corrected chi connectivity index (χ2v) is 5.39. The second kappa shape index (κ2) is 5.02. The zero-order valence-corrected chi connectivity index (χ0v) is 10.9. The molecule has 0 radical (unpaired) electrons. The van der Waals surface area contributed by atoms with E-state index in [1.807, 2.05) is 19.9 Å². The van der Waals surface area contributed by atoms with Crippen LogP contribution in [0.3, 0.4) is 0 Å². The van der Waals surface area contributed by atoms with Gasteiger partial charge in [0.25, 0.3) is 0 Å². The summed E-state index contributed by atoms with van der Waals surface area (Å²) in [6, 6.07) is 3.69. The van der Waals surface area contributed by atoms with Crippen molar-refractivity contribution in [3.8, 4) is 0 Å². The summed E-state index contributed by atoms with van der Waals surface area (Å²) in [5.41, 5.74) is 0. The van der Waals surface area contributed by atoms with Gasteiger partial charge in [-0.3, -0.25) is 0 Å². The van der Waals surface area contributed by atoms with E-state index in [-0.39, 0.29) is 18.0 Å². The monoisotopic (exact) mass is 252 g/mol. The van der Waals surface area contributed by atoms with Crippen LogP contribution in [0.2, 0.25) is 0 Å². The van der Waals surface area contributed by atoms with E-state index in [4.69, 9.17) is 9.47 Å². The molecule has 0 saturated heterocycles. The van der Waals surface area contributed by atoms with Crippen LogP contribution in [-0.2, 0) is 9.47 Å². The van der Waals surface area contributed by atoms with Crippen molar-refractivity contribution in [2.75, 3.05) is 6.61 Å². The van der Waals surface area contributed by atoms with Crippen LogP contribution >= 0.6 is 11.3 Å². The van der Waals surface area contributed by atoms with Crippen molar-refractivity contribution in [1.29, 1.82) is 0 Å². The lowest BCUT2D eigenvalue weighted by molar-refractivity contribution is 0.0590. The third-order valence-corrected chi connectivity index (χ3v) is 3.67. The van der Waals surface area contributed by atoms with Gasteiger partial charge in [-0.1, -0.05) is 6.58 Å². The van der Waals surface area contributed by atoms with Crippen LogP contribution in [0.5, 0.6) is 0 Å². The molecular formula is C13H16O3S. The number of hydrogen-bond donors (Lipinski definition) is 0. The maximum atomic E-state index is 11.8. The number of thiophene rings is 1. The van der Waals surface area contributed by atoms with E-state index in [1.165, 1.54) is 11.3 Å². The van der Waals surface area contributed by atoms with Crippen LogP contribution in [0.25, 0.3) is 0 Å². The SMILES string of the molecule is C=C(OC(=O)c1ccc(C)s1)[C@H]1C[C@@H]1OCC. The first-order valence-electron chi connectivity index (χ1n) is 5.70. The molecule has 1 saturated carbocycles. The van der Waals surface area contributed by atoms with Gasteiger partial charge < -0.3 is 9.47 Å². The van der Waals surface area contributed by atoms with Gasteiger partial charge >= 0.3 is 5.97 Å². The number of hydrogen-bond acceptors (Lipinski definition) is 4. The molecule has 4 heteroatoms. The van der Waals surface area contributed by atoms with Gasteiger partial charge in [-0.2, -0.15) is 0 Å².